The number of benzene rings is 1. The van der Waals surface area contributed by atoms with E-state index in [0.717, 1.165) is 17.7 Å². The van der Waals surface area contributed by atoms with Crippen LogP contribution in [0.2, 0.25) is 5.02 Å². The largest absolute Gasteiger partial charge is 0.465 e. The lowest BCUT2D eigenvalue weighted by Gasteiger charge is -2.21. The van der Waals surface area contributed by atoms with Gasteiger partial charge in [0.25, 0.3) is 0 Å². The maximum absolute atomic E-state index is 11.7. The van der Waals surface area contributed by atoms with Crippen LogP contribution in [0.15, 0.2) is 11.0 Å². The van der Waals surface area contributed by atoms with E-state index in [1.165, 1.54) is 31.1 Å². The molecule has 0 heterocycles. The maximum Gasteiger partial charge on any atom is 0.339 e. The molecule has 0 spiro atoms. The zero-order chi connectivity index (χ0) is 12.4. The van der Waals surface area contributed by atoms with Gasteiger partial charge in [-0.2, -0.15) is 0 Å². The van der Waals surface area contributed by atoms with Crippen molar-refractivity contribution in [1.82, 2.24) is 0 Å². The zero-order valence-electron chi connectivity index (χ0n) is 10.0. The Hall–Kier alpha value is -0.670. The minimum Gasteiger partial charge on any atom is -0.465 e. The van der Waals surface area contributed by atoms with Crippen molar-refractivity contribution in [1.29, 1.82) is 0 Å². The third-order valence-electron chi connectivity index (χ3n) is 3.15. The van der Waals surface area contributed by atoms with Crippen molar-refractivity contribution in [2.75, 3.05) is 13.4 Å². The molecule has 0 N–H and O–H groups in total. The summed E-state index contributed by atoms with van der Waals surface area (Å²) in [7, 11) is 1.39. The van der Waals surface area contributed by atoms with Crippen molar-refractivity contribution < 1.29 is 9.53 Å². The van der Waals surface area contributed by atoms with Crippen LogP contribution in [0.5, 0.6) is 0 Å². The molecule has 0 radical (unpaired) electrons. The Kier molecular flexibility index (Phi) is 4.00. The Morgan fingerprint density at radius 3 is 2.76 bits per heavy atom. The van der Waals surface area contributed by atoms with Gasteiger partial charge in [0.2, 0.25) is 0 Å². The Morgan fingerprint density at radius 1 is 1.41 bits per heavy atom. The lowest BCUT2D eigenvalue weighted by atomic mass is 9.90. The Balaban J connectivity index is 2.60. The molecule has 0 saturated heterocycles. The summed E-state index contributed by atoms with van der Waals surface area (Å²) in [6.07, 6.45) is 6.48. The van der Waals surface area contributed by atoms with E-state index >= 15 is 0 Å². The van der Waals surface area contributed by atoms with Gasteiger partial charge in [-0.05, 0) is 49.1 Å². The summed E-state index contributed by atoms with van der Waals surface area (Å²) in [4.78, 5) is 12.7. The van der Waals surface area contributed by atoms with Gasteiger partial charge in [-0.15, -0.1) is 11.8 Å². The molecular weight excluding hydrogens is 256 g/mol. The molecule has 17 heavy (non-hydrogen) atoms. The molecular formula is C13H15ClO2S. The normalized spacial score (nSPS) is 14.3. The third kappa shape index (κ3) is 2.31. The number of esters is 1. The quantitative estimate of drug-likeness (QED) is 0.605. The highest BCUT2D eigenvalue weighted by Crippen LogP contribution is 2.38. The van der Waals surface area contributed by atoms with Crippen molar-refractivity contribution in [2.45, 2.75) is 30.6 Å². The molecule has 0 aliphatic heterocycles. The van der Waals surface area contributed by atoms with E-state index in [-0.39, 0.29) is 5.97 Å². The maximum atomic E-state index is 11.7. The van der Waals surface area contributed by atoms with Crippen LogP contribution in [-0.2, 0) is 17.6 Å². The second kappa shape index (κ2) is 5.32. The van der Waals surface area contributed by atoms with Crippen molar-refractivity contribution in [3.8, 4) is 0 Å². The van der Waals surface area contributed by atoms with Gasteiger partial charge in [0.15, 0.2) is 0 Å². The first kappa shape index (κ1) is 12.8. The number of carbonyl (C=O) groups excluding carboxylic acids is 1. The predicted molar refractivity (Wildman–Crippen MR) is 71.2 cm³/mol. The number of rotatable bonds is 2. The summed E-state index contributed by atoms with van der Waals surface area (Å²) in [5.41, 5.74) is 3.07. The van der Waals surface area contributed by atoms with E-state index in [9.17, 15) is 4.79 Å². The predicted octanol–water partition coefficient (Wildman–Crippen LogP) is 3.73. The summed E-state index contributed by atoms with van der Waals surface area (Å²) in [5, 5.41) is 0.546. The Bertz CT molecular complexity index is 457. The average Bonchev–Trinajstić information content (AvgIpc) is 2.37. The number of ether oxygens (including phenoxy) is 1. The molecule has 1 aliphatic carbocycles. The van der Waals surface area contributed by atoms with Crippen LogP contribution < -0.4 is 0 Å². The highest BCUT2D eigenvalue weighted by molar-refractivity contribution is 7.98. The van der Waals surface area contributed by atoms with E-state index < -0.39 is 0 Å². The average molecular weight is 271 g/mol. The molecule has 92 valence electrons. The number of hydrogen-bond acceptors (Lipinski definition) is 3. The van der Waals surface area contributed by atoms with Crippen LogP contribution in [0.4, 0.5) is 0 Å². The molecule has 4 heteroatoms. The summed E-state index contributed by atoms with van der Waals surface area (Å²) in [6, 6.07) is 1.91. The number of hydrogen-bond donors (Lipinski definition) is 0. The summed E-state index contributed by atoms with van der Waals surface area (Å²) < 4.78 is 4.77. The number of carbonyl (C=O) groups is 1. The molecule has 0 atom stereocenters. The van der Waals surface area contributed by atoms with Gasteiger partial charge in [0.05, 0.1) is 17.7 Å². The van der Waals surface area contributed by atoms with Gasteiger partial charge >= 0.3 is 5.97 Å². The van der Waals surface area contributed by atoms with Crippen LogP contribution in [0.25, 0.3) is 0 Å². The summed E-state index contributed by atoms with van der Waals surface area (Å²) in [5.74, 6) is -0.348. The number of fused-ring (bicyclic) bond motifs is 1. The standard InChI is InChI=1S/C13H15ClO2S/c1-16-13(15)10-7-8-5-3-4-6-9(8)12(17-2)11(10)14/h7H,3-6H2,1-2H3. The molecule has 0 amide bonds. The highest BCUT2D eigenvalue weighted by Gasteiger charge is 2.22. The zero-order valence-corrected chi connectivity index (χ0v) is 11.6. The molecule has 0 unspecified atom stereocenters. The molecule has 0 saturated carbocycles. The second-order valence-corrected chi connectivity index (χ2v) is 5.30. The Labute approximate surface area is 111 Å². The van der Waals surface area contributed by atoms with Gasteiger partial charge in [-0.3, -0.25) is 0 Å². The number of thioether (sulfide) groups is 1. The number of halogens is 1. The van der Waals surface area contributed by atoms with Gasteiger partial charge in [0.1, 0.15) is 0 Å². The van der Waals surface area contributed by atoms with E-state index in [4.69, 9.17) is 16.3 Å². The molecule has 1 aromatic rings. The van der Waals surface area contributed by atoms with Crippen LogP contribution in [0, 0.1) is 0 Å². The van der Waals surface area contributed by atoms with Gasteiger partial charge in [0, 0.05) is 4.90 Å². The summed E-state index contributed by atoms with van der Waals surface area (Å²) >= 11 is 7.91. The van der Waals surface area contributed by atoms with Crippen molar-refractivity contribution in [3.05, 3.63) is 27.8 Å². The van der Waals surface area contributed by atoms with Gasteiger partial charge in [-0.1, -0.05) is 11.6 Å². The minimum atomic E-state index is -0.348. The van der Waals surface area contributed by atoms with Gasteiger partial charge < -0.3 is 4.74 Å². The topological polar surface area (TPSA) is 26.3 Å². The molecule has 0 bridgehead atoms. The number of aryl methyl sites for hydroxylation is 1. The summed E-state index contributed by atoms with van der Waals surface area (Å²) in [6.45, 7) is 0. The van der Waals surface area contributed by atoms with Crippen LogP contribution in [0.1, 0.15) is 34.3 Å². The highest BCUT2D eigenvalue weighted by atomic mass is 35.5. The van der Waals surface area contributed by atoms with Crippen LogP contribution >= 0.6 is 23.4 Å². The molecule has 0 fully saturated rings. The van der Waals surface area contributed by atoms with Crippen molar-refractivity contribution in [3.63, 3.8) is 0 Å². The molecule has 2 nitrogen and oxygen atoms in total. The fourth-order valence-corrected chi connectivity index (χ4v) is 3.56. The SMILES string of the molecule is COC(=O)c1cc2c(c(SC)c1Cl)CCCC2. The van der Waals surface area contributed by atoms with E-state index in [0.29, 0.717) is 10.6 Å². The second-order valence-electron chi connectivity index (χ2n) is 4.11. The van der Waals surface area contributed by atoms with E-state index in [1.54, 1.807) is 11.8 Å². The minimum absolute atomic E-state index is 0.348. The van der Waals surface area contributed by atoms with Crippen molar-refractivity contribution in [2.24, 2.45) is 0 Å². The van der Waals surface area contributed by atoms with Crippen LogP contribution in [-0.4, -0.2) is 19.3 Å². The fourth-order valence-electron chi connectivity index (χ4n) is 2.31. The third-order valence-corrected chi connectivity index (χ3v) is 4.51. The monoisotopic (exact) mass is 270 g/mol. The van der Waals surface area contributed by atoms with E-state index in [2.05, 4.69) is 0 Å². The van der Waals surface area contributed by atoms with Crippen LogP contribution in [0.3, 0.4) is 0 Å². The molecule has 0 aromatic heterocycles. The first-order valence-corrected chi connectivity index (χ1v) is 7.26. The lowest BCUT2D eigenvalue weighted by molar-refractivity contribution is 0.0600. The fraction of sp³-hybridized carbons (Fsp3) is 0.462. The first-order valence-electron chi connectivity index (χ1n) is 5.65. The van der Waals surface area contributed by atoms with E-state index in [1.807, 2.05) is 12.3 Å². The van der Waals surface area contributed by atoms with Gasteiger partial charge in [-0.25, -0.2) is 4.79 Å². The Morgan fingerprint density at radius 2 is 2.12 bits per heavy atom. The molecule has 1 aromatic carbocycles. The molecule has 2 rings (SSSR count). The smallest absolute Gasteiger partial charge is 0.339 e. The number of methoxy groups -OCH3 is 1. The molecule has 1 aliphatic rings. The first-order chi connectivity index (χ1) is 8.19. The lowest BCUT2D eigenvalue weighted by Crippen LogP contribution is -2.10. The van der Waals surface area contributed by atoms with Crippen molar-refractivity contribution >= 4 is 29.3 Å².